The highest BCUT2D eigenvalue weighted by Crippen LogP contribution is 2.33. The largest absolute Gasteiger partial charge is 0.355 e. The van der Waals surface area contributed by atoms with Gasteiger partial charge in [0.25, 0.3) is 0 Å². The van der Waals surface area contributed by atoms with Crippen molar-refractivity contribution in [3.8, 4) is 0 Å². The van der Waals surface area contributed by atoms with Crippen LogP contribution in [0.5, 0.6) is 0 Å². The monoisotopic (exact) mass is 680 g/mol. The number of anilines is 1. The summed E-state index contributed by atoms with van der Waals surface area (Å²) in [6.07, 6.45) is 0. The normalized spacial score (nSPS) is 11.1. The minimum absolute atomic E-state index is 0.598. The van der Waals surface area contributed by atoms with Crippen LogP contribution in [-0.4, -0.2) is 23.1 Å². The lowest BCUT2D eigenvalue weighted by molar-refractivity contribution is 1.00. The third kappa shape index (κ3) is 2.94. The van der Waals surface area contributed by atoms with Crippen LogP contribution in [0.15, 0.2) is 0 Å². The van der Waals surface area contributed by atoms with Crippen LogP contribution in [0, 0.1) is 14.3 Å². The number of halogens is 4. The van der Waals surface area contributed by atoms with Gasteiger partial charge in [0.05, 0.1) is 12.7 Å². The van der Waals surface area contributed by atoms with Crippen LogP contribution in [0.4, 0.5) is 5.95 Å². The average molecular weight is 680 g/mol. The molecule has 0 saturated carbocycles. The van der Waals surface area contributed by atoms with Crippen LogP contribution < -0.4 is 11.1 Å². The molecule has 0 bridgehead atoms. The van der Waals surface area contributed by atoms with Gasteiger partial charge in [-0.05, 0) is 90.4 Å². The molecule has 8 heteroatoms. The van der Waals surface area contributed by atoms with Crippen molar-refractivity contribution in [3.05, 3.63) is 14.3 Å². The fourth-order valence-electron chi connectivity index (χ4n) is 1.37. The van der Waals surface area contributed by atoms with Gasteiger partial charge in [-0.15, -0.1) is 0 Å². The molecule has 1 aromatic carbocycles. The zero-order valence-corrected chi connectivity index (χ0v) is 17.1. The first-order valence-corrected chi connectivity index (χ1v) is 9.03. The Bertz CT molecular complexity index is 521. The molecule has 17 heavy (non-hydrogen) atoms. The maximum absolute atomic E-state index is 5.47. The standard InChI is InChI=1S/C9H8I4N4/c10-3-4(11)6(13)8-7(5(3)12)16-9(17-8)15-2-1-14/h1-2,14H2,(H2,15,16,17). The molecule has 0 radical (unpaired) electrons. The van der Waals surface area contributed by atoms with Gasteiger partial charge in [0.1, 0.15) is 5.52 Å². The van der Waals surface area contributed by atoms with Crippen molar-refractivity contribution in [2.75, 3.05) is 18.4 Å². The molecule has 2 rings (SSSR count). The van der Waals surface area contributed by atoms with Crippen LogP contribution in [0.1, 0.15) is 0 Å². The molecule has 2 aromatic rings. The van der Waals surface area contributed by atoms with Gasteiger partial charge in [0.15, 0.2) is 0 Å². The Morgan fingerprint density at radius 1 is 1.06 bits per heavy atom. The Morgan fingerprint density at radius 2 is 1.71 bits per heavy atom. The fraction of sp³-hybridized carbons (Fsp3) is 0.222. The second-order valence-electron chi connectivity index (χ2n) is 3.28. The lowest BCUT2D eigenvalue weighted by Gasteiger charge is -2.03. The van der Waals surface area contributed by atoms with Gasteiger partial charge in [-0.1, -0.05) is 0 Å². The lowest BCUT2D eigenvalue weighted by Crippen LogP contribution is -2.13. The molecule has 92 valence electrons. The van der Waals surface area contributed by atoms with Gasteiger partial charge in [-0.3, -0.25) is 0 Å². The Labute approximate surface area is 153 Å². The van der Waals surface area contributed by atoms with E-state index in [-0.39, 0.29) is 0 Å². The minimum atomic E-state index is 0.598. The minimum Gasteiger partial charge on any atom is -0.355 e. The summed E-state index contributed by atoms with van der Waals surface area (Å²) < 4.78 is 4.95. The van der Waals surface area contributed by atoms with Gasteiger partial charge in [0.2, 0.25) is 5.95 Å². The molecule has 0 spiro atoms. The number of hydrogen-bond acceptors (Lipinski definition) is 3. The van der Waals surface area contributed by atoms with Crippen molar-refractivity contribution in [3.63, 3.8) is 0 Å². The average Bonchev–Trinajstić information content (AvgIpc) is 2.75. The summed E-state index contributed by atoms with van der Waals surface area (Å²) >= 11 is 9.44. The van der Waals surface area contributed by atoms with Gasteiger partial charge >= 0.3 is 0 Å². The highest BCUT2D eigenvalue weighted by molar-refractivity contribution is 14.1. The van der Waals surface area contributed by atoms with E-state index in [2.05, 4.69) is 106 Å². The summed E-state index contributed by atoms with van der Waals surface area (Å²) in [4.78, 5) is 7.88. The number of nitrogens with two attached hydrogens (primary N) is 1. The zero-order valence-electron chi connectivity index (χ0n) is 8.45. The third-order valence-electron chi connectivity index (χ3n) is 2.15. The van der Waals surface area contributed by atoms with Crippen molar-refractivity contribution in [1.82, 2.24) is 9.97 Å². The summed E-state index contributed by atoms with van der Waals surface area (Å²) in [6.45, 7) is 1.32. The van der Waals surface area contributed by atoms with Crippen LogP contribution in [0.2, 0.25) is 0 Å². The maximum Gasteiger partial charge on any atom is 0.201 e. The van der Waals surface area contributed by atoms with Crippen LogP contribution >= 0.6 is 90.4 Å². The number of aromatic amines is 1. The van der Waals surface area contributed by atoms with Crippen molar-refractivity contribution >= 4 is 107 Å². The summed E-state index contributed by atoms with van der Waals surface area (Å²) in [5.74, 6) is 0.791. The molecule has 0 atom stereocenters. The second-order valence-corrected chi connectivity index (χ2v) is 7.60. The van der Waals surface area contributed by atoms with Crippen molar-refractivity contribution in [1.29, 1.82) is 0 Å². The Hall–Kier alpha value is 1.37. The molecule has 0 fully saturated rings. The number of hydrogen-bond donors (Lipinski definition) is 3. The summed E-state index contributed by atoms with van der Waals surface area (Å²) in [5.41, 5.74) is 7.59. The van der Waals surface area contributed by atoms with Crippen molar-refractivity contribution < 1.29 is 0 Å². The fourth-order valence-corrected chi connectivity index (χ4v) is 4.79. The summed E-state index contributed by atoms with van der Waals surface area (Å²) in [5, 5.41) is 3.17. The quantitative estimate of drug-likeness (QED) is 0.265. The van der Waals surface area contributed by atoms with Crippen molar-refractivity contribution in [2.24, 2.45) is 5.73 Å². The van der Waals surface area contributed by atoms with Gasteiger partial charge in [-0.2, -0.15) is 0 Å². The number of aromatic nitrogens is 2. The molecule has 0 saturated heterocycles. The SMILES string of the molecule is NCCNc1nc2c(I)c(I)c(I)c(I)c2[nH]1. The first-order chi connectivity index (χ1) is 8.06. The maximum atomic E-state index is 5.47. The first-order valence-electron chi connectivity index (χ1n) is 4.71. The van der Waals surface area contributed by atoms with E-state index in [1.54, 1.807) is 0 Å². The lowest BCUT2D eigenvalue weighted by atomic mass is 10.3. The van der Waals surface area contributed by atoms with E-state index in [0.717, 1.165) is 23.5 Å². The topological polar surface area (TPSA) is 66.7 Å². The highest BCUT2D eigenvalue weighted by atomic mass is 127. The van der Waals surface area contributed by atoms with E-state index < -0.39 is 0 Å². The molecule has 0 aliphatic carbocycles. The number of nitrogens with one attached hydrogen (secondary N) is 2. The summed E-state index contributed by atoms with van der Waals surface area (Å²) in [6, 6.07) is 0. The number of imidazole rings is 1. The molecule has 4 nitrogen and oxygen atoms in total. The predicted octanol–water partition coefficient (Wildman–Crippen LogP) is 3.35. The van der Waals surface area contributed by atoms with E-state index in [4.69, 9.17) is 5.73 Å². The van der Waals surface area contributed by atoms with Crippen LogP contribution in [-0.2, 0) is 0 Å². The second kappa shape index (κ2) is 6.21. The van der Waals surface area contributed by atoms with Gasteiger partial charge in [0, 0.05) is 20.2 Å². The van der Waals surface area contributed by atoms with E-state index in [0.29, 0.717) is 6.54 Å². The Balaban J connectivity index is 2.60. The van der Waals surface area contributed by atoms with E-state index in [1.807, 2.05) is 0 Å². The molecular weight excluding hydrogens is 672 g/mol. The van der Waals surface area contributed by atoms with Crippen LogP contribution in [0.25, 0.3) is 11.0 Å². The molecular formula is C9H8I4N4. The molecule has 0 aliphatic heterocycles. The van der Waals surface area contributed by atoms with E-state index >= 15 is 0 Å². The Morgan fingerprint density at radius 3 is 2.35 bits per heavy atom. The molecule has 0 aliphatic rings. The number of H-pyrrole nitrogens is 1. The number of rotatable bonds is 3. The number of benzene rings is 1. The molecule has 1 aromatic heterocycles. The van der Waals surface area contributed by atoms with E-state index in [1.165, 1.54) is 14.3 Å². The first kappa shape index (κ1) is 14.8. The highest BCUT2D eigenvalue weighted by Gasteiger charge is 2.16. The molecule has 1 heterocycles. The van der Waals surface area contributed by atoms with Crippen LogP contribution in [0.3, 0.4) is 0 Å². The van der Waals surface area contributed by atoms with Gasteiger partial charge < -0.3 is 16.0 Å². The predicted molar refractivity (Wildman–Crippen MR) is 105 cm³/mol. The smallest absolute Gasteiger partial charge is 0.201 e. The van der Waals surface area contributed by atoms with E-state index in [9.17, 15) is 0 Å². The van der Waals surface area contributed by atoms with Crippen molar-refractivity contribution in [2.45, 2.75) is 0 Å². The third-order valence-corrected chi connectivity index (χ3v) is 9.53. The van der Waals surface area contributed by atoms with Gasteiger partial charge in [-0.25, -0.2) is 4.98 Å². The molecule has 0 amide bonds. The molecule has 0 unspecified atom stereocenters. The number of fused-ring (bicyclic) bond motifs is 1. The summed E-state index contributed by atoms with van der Waals surface area (Å²) in [7, 11) is 0. The number of nitrogens with zero attached hydrogens (tertiary/aromatic N) is 1. The Kier molecular flexibility index (Phi) is 5.40. The zero-order chi connectivity index (χ0) is 12.6. The molecule has 4 N–H and O–H groups in total.